The van der Waals surface area contributed by atoms with E-state index in [4.69, 9.17) is 9.15 Å². The molecule has 0 amide bonds. The van der Waals surface area contributed by atoms with Crippen molar-refractivity contribution in [2.24, 2.45) is 0 Å². The van der Waals surface area contributed by atoms with Gasteiger partial charge in [-0.2, -0.15) is 4.31 Å². The van der Waals surface area contributed by atoms with Crippen LogP contribution in [0, 0.1) is 6.92 Å². The second kappa shape index (κ2) is 5.66. The molecule has 8 heteroatoms. The molecule has 21 heavy (non-hydrogen) atoms. The minimum absolute atomic E-state index is 0.0400. The predicted molar refractivity (Wildman–Crippen MR) is 75.1 cm³/mol. The molecule has 1 aromatic rings. The molecule has 0 N–H and O–H groups in total. The number of aromatic nitrogens is 2. The third-order valence-electron chi connectivity index (χ3n) is 4.13. The SMILES string of the molecule is CCCS(=O)(=O)N1CC[C@H]2O[C@H](c3nnc(C)o3)CC[C@H]21. The van der Waals surface area contributed by atoms with Crippen LogP contribution in [-0.2, 0) is 14.8 Å². The van der Waals surface area contributed by atoms with Gasteiger partial charge in [-0.3, -0.25) is 0 Å². The normalized spacial score (nSPS) is 30.5. The molecule has 0 aliphatic carbocycles. The molecule has 0 saturated carbocycles. The maximum absolute atomic E-state index is 12.3. The average molecular weight is 315 g/mol. The van der Waals surface area contributed by atoms with Crippen LogP contribution in [0.2, 0.25) is 0 Å². The monoisotopic (exact) mass is 315 g/mol. The zero-order chi connectivity index (χ0) is 15.0. The molecule has 3 heterocycles. The predicted octanol–water partition coefficient (Wildman–Crippen LogP) is 1.41. The number of rotatable bonds is 4. The van der Waals surface area contributed by atoms with Gasteiger partial charge in [-0.1, -0.05) is 6.92 Å². The molecule has 2 aliphatic rings. The van der Waals surface area contributed by atoms with Gasteiger partial charge in [0.05, 0.1) is 17.9 Å². The highest BCUT2D eigenvalue weighted by molar-refractivity contribution is 7.89. The first kappa shape index (κ1) is 14.9. The Morgan fingerprint density at radius 3 is 2.76 bits per heavy atom. The summed E-state index contributed by atoms with van der Waals surface area (Å²) in [5, 5.41) is 7.83. The van der Waals surface area contributed by atoms with Gasteiger partial charge in [0, 0.05) is 13.5 Å². The van der Waals surface area contributed by atoms with E-state index in [1.165, 1.54) is 0 Å². The first-order valence-corrected chi connectivity index (χ1v) is 9.07. The summed E-state index contributed by atoms with van der Waals surface area (Å²) in [5.74, 6) is 1.23. The lowest BCUT2D eigenvalue weighted by Gasteiger charge is -2.34. The van der Waals surface area contributed by atoms with Crippen LogP contribution in [0.25, 0.3) is 0 Å². The topological polar surface area (TPSA) is 85.5 Å². The molecule has 1 aromatic heterocycles. The summed E-state index contributed by atoms with van der Waals surface area (Å²) < 4.78 is 37.6. The van der Waals surface area contributed by atoms with Gasteiger partial charge in [0.25, 0.3) is 0 Å². The van der Waals surface area contributed by atoms with Gasteiger partial charge in [-0.15, -0.1) is 10.2 Å². The number of fused-ring (bicyclic) bond motifs is 1. The Bertz CT molecular complexity index is 600. The van der Waals surface area contributed by atoms with E-state index in [1.807, 2.05) is 6.92 Å². The number of ether oxygens (including phenoxy) is 1. The Morgan fingerprint density at radius 1 is 1.29 bits per heavy atom. The van der Waals surface area contributed by atoms with Crippen LogP contribution >= 0.6 is 0 Å². The molecule has 0 spiro atoms. The molecule has 7 nitrogen and oxygen atoms in total. The third kappa shape index (κ3) is 2.84. The van der Waals surface area contributed by atoms with Gasteiger partial charge in [-0.05, 0) is 25.7 Å². The van der Waals surface area contributed by atoms with Crippen molar-refractivity contribution < 1.29 is 17.6 Å². The van der Waals surface area contributed by atoms with E-state index in [1.54, 1.807) is 11.2 Å². The van der Waals surface area contributed by atoms with Crippen LogP contribution in [0.15, 0.2) is 4.42 Å². The molecule has 2 saturated heterocycles. The van der Waals surface area contributed by atoms with Gasteiger partial charge in [0.1, 0.15) is 6.10 Å². The van der Waals surface area contributed by atoms with Crippen LogP contribution in [0.3, 0.4) is 0 Å². The van der Waals surface area contributed by atoms with E-state index in [-0.39, 0.29) is 24.0 Å². The standard InChI is InChI=1S/C13H21N3O4S/c1-3-8-21(17,18)16-7-6-11-10(16)4-5-12(20-11)13-15-14-9(2)19-13/h10-12H,3-8H2,1-2H3/t10-,11-,12+/m1/s1. The molecule has 3 rings (SSSR count). The smallest absolute Gasteiger partial charge is 0.245 e. The van der Waals surface area contributed by atoms with Crippen molar-refractivity contribution in [1.29, 1.82) is 0 Å². The first-order valence-electron chi connectivity index (χ1n) is 7.46. The fraction of sp³-hybridized carbons (Fsp3) is 0.846. The van der Waals surface area contributed by atoms with E-state index in [9.17, 15) is 8.42 Å². The van der Waals surface area contributed by atoms with Crippen LogP contribution in [0.5, 0.6) is 0 Å². The van der Waals surface area contributed by atoms with Crippen molar-refractivity contribution in [3.63, 3.8) is 0 Å². The summed E-state index contributed by atoms with van der Waals surface area (Å²) in [7, 11) is -3.16. The zero-order valence-corrected chi connectivity index (χ0v) is 13.2. The summed E-state index contributed by atoms with van der Waals surface area (Å²) >= 11 is 0. The Labute approximate surface area is 124 Å². The molecule has 0 bridgehead atoms. The second-order valence-corrected chi connectivity index (χ2v) is 7.72. The molecule has 3 atom stereocenters. The van der Waals surface area contributed by atoms with E-state index in [2.05, 4.69) is 10.2 Å². The quantitative estimate of drug-likeness (QED) is 0.835. The maximum atomic E-state index is 12.3. The van der Waals surface area contributed by atoms with Crippen molar-refractivity contribution in [1.82, 2.24) is 14.5 Å². The van der Waals surface area contributed by atoms with Gasteiger partial charge in [0.15, 0.2) is 0 Å². The Kier molecular flexibility index (Phi) is 4.02. The summed E-state index contributed by atoms with van der Waals surface area (Å²) in [4.78, 5) is 0. The summed E-state index contributed by atoms with van der Waals surface area (Å²) in [6.45, 7) is 4.18. The van der Waals surface area contributed by atoms with Crippen molar-refractivity contribution >= 4 is 10.0 Å². The van der Waals surface area contributed by atoms with Crippen LogP contribution in [0.1, 0.15) is 50.5 Å². The van der Waals surface area contributed by atoms with Crippen molar-refractivity contribution in [3.05, 3.63) is 11.8 Å². The van der Waals surface area contributed by atoms with Gasteiger partial charge < -0.3 is 9.15 Å². The van der Waals surface area contributed by atoms with Crippen molar-refractivity contribution in [3.8, 4) is 0 Å². The largest absolute Gasteiger partial charge is 0.423 e. The number of hydrogen-bond acceptors (Lipinski definition) is 6. The van der Waals surface area contributed by atoms with Gasteiger partial charge >= 0.3 is 0 Å². The molecule has 0 unspecified atom stereocenters. The molecule has 0 aromatic carbocycles. The van der Waals surface area contributed by atoms with Gasteiger partial charge in [0.2, 0.25) is 21.8 Å². The number of aryl methyl sites for hydroxylation is 1. The molecular weight excluding hydrogens is 294 g/mol. The first-order chi connectivity index (χ1) is 10.0. The molecule has 2 aliphatic heterocycles. The third-order valence-corrected chi connectivity index (χ3v) is 6.23. The Balaban J connectivity index is 1.70. The highest BCUT2D eigenvalue weighted by atomic mass is 32.2. The minimum Gasteiger partial charge on any atom is -0.423 e. The Hall–Kier alpha value is -0.990. The lowest BCUT2D eigenvalue weighted by molar-refractivity contribution is -0.0738. The average Bonchev–Trinajstić information content (AvgIpc) is 3.04. The highest BCUT2D eigenvalue weighted by Gasteiger charge is 2.45. The maximum Gasteiger partial charge on any atom is 0.245 e. The number of hydrogen-bond donors (Lipinski definition) is 0. The lowest BCUT2D eigenvalue weighted by atomic mass is 10.00. The molecule has 118 valence electrons. The number of sulfonamides is 1. The fourth-order valence-electron chi connectivity index (χ4n) is 3.23. The lowest BCUT2D eigenvalue weighted by Crippen LogP contribution is -2.44. The summed E-state index contributed by atoms with van der Waals surface area (Å²) in [6.07, 6.45) is 2.59. The van der Waals surface area contributed by atoms with Crippen LogP contribution in [0.4, 0.5) is 0 Å². The summed E-state index contributed by atoms with van der Waals surface area (Å²) in [5.41, 5.74) is 0. The van der Waals surface area contributed by atoms with E-state index in [0.29, 0.717) is 31.2 Å². The van der Waals surface area contributed by atoms with Gasteiger partial charge in [-0.25, -0.2) is 8.42 Å². The van der Waals surface area contributed by atoms with E-state index in [0.717, 1.165) is 12.8 Å². The molecule has 0 radical (unpaired) electrons. The minimum atomic E-state index is -3.16. The summed E-state index contributed by atoms with van der Waals surface area (Å²) in [6, 6.07) is -0.0400. The van der Waals surface area contributed by atoms with Crippen molar-refractivity contribution in [2.45, 2.75) is 57.8 Å². The van der Waals surface area contributed by atoms with Crippen LogP contribution in [-0.4, -0.2) is 47.4 Å². The van der Waals surface area contributed by atoms with E-state index < -0.39 is 10.0 Å². The molecular formula is C13H21N3O4S. The Morgan fingerprint density at radius 2 is 2.10 bits per heavy atom. The molecule has 2 fully saturated rings. The van der Waals surface area contributed by atoms with Crippen molar-refractivity contribution in [2.75, 3.05) is 12.3 Å². The fourth-order valence-corrected chi connectivity index (χ4v) is 5.02. The highest BCUT2D eigenvalue weighted by Crippen LogP contribution is 2.38. The van der Waals surface area contributed by atoms with Crippen LogP contribution < -0.4 is 0 Å². The second-order valence-electron chi connectivity index (χ2n) is 5.68. The van der Waals surface area contributed by atoms with E-state index >= 15 is 0 Å². The zero-order valence-electron chi connectivity index (χ0n) is 12.4. The number of nitrogens with zero attached hydrogens (tertiary/aromatic N) is 3.